The first-order valence-corrected chi connectivity index (χ1v) is 12.1. The van der Waals surface area contributed by atoms with E-state index in [1.165, 1.54) is 12.2 Å². The number of nitrogens with zero attached hydrogens (tertiary/aromatic N) is 2. The highest BCUT2D eigenvalue weighted by molar-refractivity contribution is 14.0. The predicted molar refractivity (Wildman–Crippen MR) is 140 cm³/mol. The molecule has 2 heterocycles. The Balaban J connectivity index is 0.00000341. The van der Waals surface area contributed by atoms with Gasteiger partial charge >= 0.3 is 0 Å². The van der Waals surface area contributed by atoms with Gasteiger partial charge in [0.25, 0.3) is 5.91 Å². The number of hydrogen-bond acceptors (Lipinski definition) is 5. The summed E-state index contributed by atoms with van der Waals surface area (Å²) < 4.78 is 5.56. The summed E-state index contributed by atoms with van der Waals surface area (Å²) in [5, 5.41) is 9.52. The summed E-state index contributed by atoms with van der Waals surface area (Å²) in [6.07, 6.45) is 2.02. The van der Waals surface area contributed by atoms with Crippen LogP contribution in [0.3, 0.4) is 0 Å². The van der Waals surface area contributed by atoms with Crippen LogP contribution in [0.2, 0.25) is 0 Å². The van der Waals surface area contributed by atoms with Crippen molar-refractivity contribution in [3.63, 3.8) is 0 Å². The summed E-state index contributed by atoms with van der Waals surface area (Å²) in [6.45, 7) is 8.14. The Morgan fingerprint density at radius 2 is 2.10 bits per heavy atom. The summed E-state index contributed by atoms with van der Waals surface area (Å²) in [5.41, 5.74) is 1.98. The molecule has 7 nitrogen and oxygen atoms in total. The minimum absolute atomic E-state index is 0. The molecule has 1 atom stereocenters. The zero-order chi connectivity index (χ0) is 21.2. The van der Waals surface area contributed by atoms with Crippen LogP contribution in [0.15, 0.2) is 29.3 Å². The van der Waals surface area contributed by atoms with Crippen LogP contribution in [-0.4, -0.2) is 86.8 Å². The molecule has 0 bridgehead atoms. The molecule has 9 heteroatoms. The average molecular weight is 562 g/mol. The maximum atomic E-state index is 11.8. The van der Waals surface area contributed by atoms with Gasteiger partial charge in [-0.3, -0.25) is 14.7 Å². The van der Waals surface area contributed by atoms with E-state index >= 15 is 0 Å². The lowest BCUT2D eigenvalue weighted by molar-refractivity contribution is -0.0104. The molecule has 3 N–H and O–H groups in total. The molecule has 0 aromatic heterocycles. The Bertz CT molecular complexity index is 722. The number of amides is 1. The Labute approximate surface area is 207 Å². The summed E-state index contributed by atoms with van der Waals surface area (Å²) in [6, 6.07) is 7.78. The monoisotopic (exact) mass is 561 g/mol. The molecule has 0 radical (unpaired) electrons. The first-order chi connectivity index (χ1) is 14.7. The van der Waals surface area contributed by atoms with Crippen molar-refractivity contribution in [2.75, 3.05) is 64.5 Å². The first kappa shape index (κ1) is 26.2. The van der Waals surface area contributed by atoms with E-state index in [1.807, 2.05) is 30.0 Å². The van der Waals surface area contributed by atoms with E-state index < -0.39 is 0 Å². The highest BCUT2D eigenvalue weighted by atomic mass is 127. The number of hydrogen-bond donors (Lipinski definition) is 3. The van der Waals surface area contributed by atoms with Crippen molar-refractivity contribution in [3.05, 3.63) is 35.4 Å². The predicted octanol–water partition coefficient (Wildman–Crippen LogP) is 1.97. The highest BCUT2D eigenvalue weighted by Gasteiger charge is 2.40. The summed E-state index contributed by atoms with van der Waals surface area (Å²) in [7, 11) is 1.66. The number of aliphatic imine (C=N–C) groups is 1. The number of benzene rings is 1. The smallest absolute Gasteiger partial charge is 0.251 e. The third-order valence-electron chi connectivity index (χ3n) is 5.76. The van der Waals surface area contributed by atoms with E-state index in [2.05, 4.69) is 33.8 Å². The maximum Gasteiger partial charge on any atom is 0.251 e. The normalized spacial score (nSPS) is 21.9. The first-order valence-electron chi connectivity index (χ1n) is 10.9. The third kappa shape index (κ3) is 7.50. The molecule has 0 saturated carbocycles. The van der Waals surface area contributed by atoms with Crippen LogP contribution in [0.4, 0.5) is 0 Å². The summed E-state index contributed by atoms with van der Waals surface area (Å²) in [5.74, 6) is 3.16. The van der Waals surface area contributed by atoms with Gasteiger partial charge in [0.15, 0.2) is 5.96 Å². The lowest BCUT2D eigenvalue weighted by Gasteiger charge is -2.42. The van der Waals surface area contributed by atoms with Gasteiger partial charge in [-0.15, -0.1) is 24.0 Å². The van der Waals surface area contributed by atoms with Crippen LogP contribution < -0.4 is 16.0 Å². The fourth-order valence-corrected chi connectivity index (χ4v) is 5.48. The van der Waals surface area contributed by atoms with E-state index in [-0.39, 0.29) is 35.4 Å². The highest BCUT2D eigenvalue weighted by Crippen LogP contribution is 2.34. The van der Waals surface area contributed by atoms with E-state index in [4.69, 9.17) is 9.73 Å². The van der Waals surface area contributed by atoms with Crippen molar-refractivity contribution >= 4 is 47.6 Å². The molecule has 0 aliphatic carbocycles. The van der Waals surface area contributed by atoms with Gasteiger partial charge in [0, 0.05) is 44.5 Å². The van der Waals surface area contributed by atoms with Crippen molar-refractivity contribution in [2.45, 2.75) is 25.3 Å². The van der Waals surface area contributed by atoms with E-state index in [0.717, 1.165) is 69.6 Å². The van der Waals surface area contributed by atoms with Gasteiger partial charge in [-0.05, 0) is 43.2 Å². The third-order valence-corrected chi connectivity index (χ3v) is 7.00. The number of carbonyl (C=O) groups excluding carboxylic acids is 1. The molecule has 1 aromatic rings. The molecule has 2 aliphatic heterocycles. The van der Waals surface area contributed by atoms with Crippen molar-refractivity contribution in [3.8, 4) is 0 Å². The summed E-state index contributed by atoms with van der Waals surface area (Å²) >= 11 is 2.04. The van der Waals surface area contributed by atoms with Crippen LogP contribution in [0.5, 0.6) is 0 Å². The van der Waals surface area contributed by atoms with Crippen LogP contribution in [0, 0.1) is 0 Å². The number of rotatable bonds is 8. The molecule has 1 amide bonds. The molecular formula is C22H36IN5O2S. The molecule has 3 rings (SSSR count). The Morgan fingerprint density at radius 3 is 2.77 bits per heavy atom. The number of morpholine rings is 1. The topological polar surface area (TPSA) is 78.0 Å². The quantitative estimate of drug-likeness (QED) is 0.256. The second-order valence-corrected chi connectivity index (χ2v) is 8.88. The maximum absolute atomic E-state index is 11.8. The largest absolute Gasteiger partial charge is 0.379 e. The van der Waals surface area contributed by atoms with Gasteiger partial charge in [-0.1, -0.05) is 12.1 Å². The fraction of sp³-hybridized carbons (Fsp3) is 0.636. The summed E-state index contributed by atoms with van der Waals surface area (Å²) in [4.78, 5) is 19.4. The standard InChI is InChI=1S/C22H35N5O2S.HI/c1-3-24-21(25-9-7-18-5-4-6-19(15-18)20(28)23-2)26-16-22(8-14-30-17-22)27-10-12-29-13-11-27;/h4-6,15H,3,7-14,16-17H2,1-2H3,(H,23,28)(H2,24,25,26);1H. The van der Waals surface area contributed by atoms with Gasteiger partial charge in [-0.25, -0.2) is 0 Å². The minimum atomic E-state index is -0.0532. The number of guanidine groups is 1. The van der Waals surface area contributed by atoms with Crippen LogP contribution in [0.1, 0.15) is 29.3 Å². The van der Waals surface area contributed by atoms with E-state index in [0.29, 0.717) is 5.56 Å². The Hall–Kier alpha value is -1.04. The van der Waals surface area contributed by atoms with Gasteiger partial charge in [0.1, 0.15) is 0 Å². The molecule has 2 fully saturated rings. The zero-order valence-electron chi connectivity index (χ0n) is 18.6. The number of halogens is 1. The molecule has 2 aliphatic rings. The van der Waals surface area contributed by atoms with Crippen molar-refractivity contribution in [1.29, 1.82) is 0 Å². The number of thioether (sulfide) groups is 1. The van der Waals surface area contributed by atoms with Crippen molar-refractivity contribution in [1.82, 2.24) is 20.9 Å². The molecule has 1 aromatic carbocycles. The fourth-order valence-electron chi connectivity index (χ4n) is 4.01. The number of carbonyl (C=O) groups is 1. The van der Waals surface area contributed by atoms with E-state index in [1.54, 1.807) is 7.05 Å². The second kappa shape index (κ2) is 13.5. The van der Waals surface area contributed by atoms with Gasteiger partial charge < -0.3 is 20.7 Å². The van der Waals surface area contributed by atoms with Gasteiger partial charge in [0.05, 0.1) is 25.3 Å². The average Bonchev–Trinajstić information content (AvgIpc) is 3.28. The minimum Gasteiger partial charge on any atom is -0.379 e. The molecular weight excluding hydrogens is 525 g/mol. The lowest BCUT2D eigenvalue weighted by atomic mass is 9.96. The van der Waals surface area contributed by atoms with E-state index in [9.17, 15) is 4.79 Å². The van der Waals surface area contributed by atoms with Gasteiger partial charge in [0.2, 0.25) is 0 Å². The SMILES string of the molecule is CCNC(=NCC1(N2CCOCC2)CCSC1)NCCc1cccc(C(=O)NC)c1.I. The Kier molecular flexibility index (Phi) is 11.4. The Morgan fingerprint density at radius 1 is 1.29 bits per heavy atom. The van der Waals surface area contributed by atoms with Crippen molar-refractivity contribution in [2.24, 2.45) is 4.99 Å². The number of ether oxygens (including phenoxy) is 1. The van der Waals surface area contributed by atoms with Crippen LogP contribution >= 0.6 is 35.7 Å². The van der Waals surface area contributed by atoms with Crippen LogP contribution in [0.25, 0.3) is 0 Å². The zero-order valence-corrected chi connectivity index (χ0v) is 21.8. The van der Waals surface area contributed by atoms with Crippen molar-refractivity contribution < 1.29 is 9.53 Å². The molecule has 31 heavy (non-hydrogen) atoms. The lowest BCUT2D eigenvalue weighted by Crippen LogP contribution is -2.56. The molecule has 1 unspecified atom stereocenters. The second-order valence-electron chi connectivity index (χ2n) is 7.78. The van der Waals surface area contributed by atoms with Gasteiger partial charge in [-0.2, -0.15) is 11.8 Å². The van der Waals surface area contributed by atoms with Crippen LogP contribution in [-0.2, 0) is 11.2 Å². The molecule has 2 saturated heterocycles. The molecule has 0 spiro atoms. The molecule has 174 valence electrons. The number of nitrogens with one attached hydrogen (secondary N) is 3.